The predicted octanol–water partition coefficient (Wildman–Crippen LogP) is 2.00. The second-order valence-corrected chi connectivity index (χ2v) is 3.68. The summed E-state index contributed by atoms with van der Waals surface area (Å²) in [4.78, 5) is 2.23. The van der Waals surface area contributed by atoms with Gasteiger partial charge in [-0.2, -0.15) is 0 Å². The van der Waals surface area contributed by atoms with Crippen molar-refractivity contribution in [3.05, 3.63) is 0 Å². The SMILES string of the molecule is CCOCCC(C)CCN(C)C. The Balaban J connectivity index is 3.15. The third-order valence-corrected chi connectivity index (χ3v) is 2.03. The van der Waals surface area contributed by atoms with Crippen LogP contribution in [-0.4, -0.2) is 38.8 Å². The molecule has 0 fully saturated rings. The third-order valence-electron chi connectivity index (χ3n) is 2.03. The molecule has 0 aromatic rings. The standard InChI is InChI=1S/C10H23NO/c1-5-12-9-7-10(2)6-8-11(3)4/h10H,5-9H2,1-4H3. The van der Waals surface area contributed by atoms with Crippen LogP contribution in [-0.2, 0) is 4.74 Å². The minimum Gasteiger partial charge on any atom is -0.382 e. The van der Waals surface area contributed by atoms with Crippen molar-refractivity contribution in [3.63, 3.8) is 0 Å². The molecule has 0 saturated carbocycles. The molecule has 74 valence electrons. The Morgan fingerprint density at radius 3 is 2.42 bits per heavy atom. The van der Waals surface area contributed by atoms with Gasteiger partial charge < -0.3 is 9.64 Å². The maximum absolute atomic E-state index is 5.30. The quantitative estimate of drug-likeness (QED) is 0.546. The van der Waals surface area contributed by atoms with Crippen LogP contribution in [0, 0.1) is 5.92 Å². The molecule has 0 saturated heterocycles. The molecule has 0 aromatic carbocycles. The summed E-state index contributed by atoms with van der Waals surface area (Å²) in [5.41, 5.74) is 0. The lowest BCUT2D eigenvalue weighted by Gasteiger charge is -2.14. The van der Waals surface area contributed by atoms with E-state index in [1.165, 1.54) is 19.4 Å². The lowest BCUT2D eigenvalue weighted by Crippen LogP contribution is -2.16. The topological polar surface area (TPSA) is 12.5 Å². The van der Waals surface area contributed by atoms with Gasteiger partial charge in [-0.3, -0.25) is 0 Å². The zero-order valence-electron chi connectivity index (χ0n) is 8.97. The van der Waals surface area contributed by atoms with Gasteiger partial charge in [-0.05, 0) is 46.3 Å². The van der Waals surface area contributed by atoms with Crippen molar-refractivity contribution in [1.29, 1.82) is 0 Å². The first-order valence-electron chi connectivity index (χ1n) is 4.89. The molecule has 0 aromatic heterocycles. The summed E-state index contributed by atoms with van der Waals surface area (Å²) in [6.07, 6.45) is 2.47. The molecule has 0 aliphatic carbocycles. The maximum atomic E-state index is 5.30. The van der Waals surface area contributed by atoms with Crippen LogP contribution in [0.1, 0.15) is 26.7 Å². The Kier molecular flexibility index (Phi) is 7.51. The predicted molar refractivity (Wildman–Crippen MR) is 53.4 cm³/mol. The van der Waals surface area contributed by atoms with Crippen LogP contribution in [0.15, 0.2) is 0 Å². The number of ether oxygens (including phenoxy) is 1. The van der Waals surface area contributed by atoms with E-state index in [2.05, 4.69) is 25.9 Å². The molecule has 0 bridgehead atoms. The normalized spacial score (nSPS) is 13.8. The highest BCUT2D eigenvalue weighted by Crippen LogP contribution is 2.07. The molecule has 2 heteroatoms. The number of hydrogen-bond acceptors (Lipinski definition) is 2. The lowest BCUT2D eigenvalue weighted by atomic mass is 10.0. The van der Waals surface area contributed by atoms with Gasteiger partial charge in [0.25, 0.3) is 0 Å². The van der Waals surface area contributed by atoms with Gasteiger partial charge in [-0.25, -0.2) is 0 Å². The zero-order valence-corrected chi connectivity index (χ0v) is 8.97. The molecule has 1 atom stereocenters. The molecule has 0 radical (unpaired) electrons. The number of rotatable bonds is 7. The van der Waals surface area contributed by atoms with Crippen molar-refractivity contribution in [2.75, 3.05) is 33.9 Å². The van der Waals surface area contributed by atoms with E-state index < -0.39 is 0 Å². The molecule has 0 amide bonds. The molecule has 0 N–H and O–H groups in total. The Morgan fingerprint density at radius 1 is 1.25 bits per heavy atom. The van der Waals surface area contributed by atoms with Gasteiger partial charge in [-0.15, -0.1) is 0 Å². The van der Waals surface area contributed by atoms with E-state index in [1.807, 2.05) is 6.92 Å². The average Bonchev–Trinajstić information content (AvgIpc) is 2.01. The van der Waals surface area contributed by atoms with E-state index in [4.69, 9.17) is 4.74 Å². The summed E-state index contributed by atoms with van der Waals surface area (Å²) in [7, 11) is 4.24. The highest BCUT2D eigenvalue weighted by Gasteiger charge is 2.01. The molecular formula is C10H23NO. The summed E-state index contributed by atoms with van der Waals surface area (Å²) in [6, 6.07) is 0. The van der Waals surface area contributed by atoms with Gasteiger partial charge in [0, 0.05) is 13.2 Å². The van der Waals surface area contributed by atoms with Gasteiger partial charge in [0.2, 0.25) is 0 Å². The zero-order chi connectivity index (χ0) is 9.40. The first-order chi connectivity index (χ1) is 5.66. The van der Waals surface area contributed by atoms with E-state index in [9.17, 15) is 0 Å². The van der Waals surface area contributed by atoms with E-state index in [0.29, 0.717) is 0 Å². The molecule has 0 aliphatic heterocycles. The van der Waals surface area contributed by atoms with Gasteiger partial charge in [-0.1, -0.05) is 6.92 Å². The van der Waals surface area contributed by atoms with E-state index in [0.717, 1.165) is 19.1 Å². The van der Waals surface area contributed by atoms with E-state index in [1.54, 1.807) is 0 Å². The fraction of sp³-hybridized carbons (Fsp3) is 1.00. The van der Waals surface area contributed by atoms with Gasteiger partial charge in [0.1, 0.15) is 0 Å². The molecule has 12 heavy (non-hydrogen) atoms. The summed E-state index contributed by atoms with van der Waals surface area (Å²) in [5.74, 6) is 0.791. The molecule has 0 spiro atoms. The van der Waals surface area contributed by atoms with Crippen molar-refractivity contribution < 1.29 is 4.74 Å². The molecule has 0 heterocycles. The summed E-state index contributed by atoms with van der Waals surface area (Å²) in [5, 5.41) is 0. The summed E-state index contributed by atoms with van der Waals surface area (Å²) < 4.78 is 5.30. The average molecular weight is 173 g/mol. The van der Waals surface area contributed by atoms with Crippen LogP contribution in [0.5, 0.6) is 0 Å². The van der Waals surface area contributed by atoms with Crippen molar-refractivity contribution >= 4 is 0 Å². The van der Waals surface area contributed by atoms with Crippen molar-refractivity contribution in [2.45, 2.75) is 26.7 Å². The van der Waals surface area contributed by atoms with Crippen molar-refractivity contribution in [2.24, 2.45) is 5.92 Å². The minimum absolute atomic E-state index is 0.791. The first-order valence-corrected chi connectivity index (χ1v) is 4.89. The van der Waals surface area contributed by atoms with Crippen molar-refractivity contribution in [1.82, 2.24) is 4.90 Å². The summed E-state index contributed by atoms with van der Waals surface area (Å²) >= 11 is 0. The smallest absolute Gasteiger partial charge is 0.0468 e. The van der Waals surface area contributed by atoms with Gasteiger partial charge in [0.05, 0.1) is 0 Å². The fourth-order valence-electron chi connectivity index (χ4n) is 1.05. The van der Waals surface area contributed by atoms with E-state index in [-0.39, 0.29) is 0 Å². The molecule has 1 unspecified atom stereocenters. The monoisotopic (exact) mass is 173 g/mol. The first kappa shape index (κ1) is 11.9. The molecule has 0 rings (SSSR count). The van der Waals surface area contributed by atoms with Crippen LogP contribution >= 0.6 is 0 Å². The Morgan fingerprint density at radius 2 is 1.92 bits per heavy atom. The van der Waals surface area contributed by atoms with Crippen LogP contribution < -0.4 is 0 Å². The van der Waals surface area contributed by atoms with Gasteiger partial charge >= 0.3 is 0 Å². The fourth-order valence-corrected chi connectivity index (χ4v) is 1.05. The van der Waals surface area contributed by atoms with Gasteiger partial charge in [0.15, 0.2) is 0 Å². The molecular weight excluding hydrogens is 150 g/mol. The van der Waals surface area contributed by atoms with Crippen LogP contribution in [0.3, 0.4) is 0 Å². The third kappa shape index (κ3) is 8.02. The Bertz CT molecular complexity index is 93.8. The van der Waals surface area contributed by atoms with Crippen LogP contribution in [0.4, 0.5) is 0 Å². The number of nitrogens with zero attached hydrogens (tertiary/aromatic N) is 1. The molecule has 2 nitrogen and oxygen atoms in total. The lowest BCUT2D eigenvalue weighted by molar-refractivity contribution is 0.131. The second-order valence-electron chi connectivity index (χ2n) is 3.68. The largest absolute Gasteiger partial charge is 0.382 e. The Hall–Kier alpha value is -0.0800. The molecule has 0 aliphatic rings. The summed E-state index contributed by atoms with van der Waals surface area (Å²) in [6.45, 7) is 7.30. The van der Waals surface area contributed by atoms with Crippen molar-refractivity contribution in [3.8, 4) is 0 Å². The minimum atomic E-state index is 0.791. The van der Waals surface area contributed by atoms with Crippen LogP contribution in [0.25, 0.3) is 0 Å². The maximum Gasteiger partial charge on any atom is 0.0468 e. The highest BCUT2D eigenvalue weighted by molar-refractivity contribution is 4.54. The number of hydrogen-bond donors (Lipinski definition) is 0. The highest BCUT2D eigenvalue weighted by atomic mass is 16.5. The van der Waals surface area contributed by atoms with E-state index >= 15 is 0 Å². The second kappa shape index (κ2) is 7.56. The van der Waals surface area contributed by atoms with Crippen LogP contribution in [0.2, 0.25) is 0 Å². The Labute approximate surface area is 76.9 Å².